The molecule has 1 nitrogen and oxygen atoms in total. The Kier molecular flexibility index (Phi) is 3.18. The summed E-state index contributed by atoms with van der Waals surface area (Å²) in [7, 11) is 0. The number of rotatable bonds is 0. The van der Waals surface area contributed by atoms with Crippen molar-refractivity contribution < 1.29 is 8.78 Å². The van der Waals surface area contributed by atoms with Crippen molar-refractivity contribution in [3.8, 4) is 11.8 Å². The van der Waals surface area contributed by atoms with Gasteiger partial charge in [0.05, 0.1) is 5.33 Å². The van der Waals surface area contributed by atoms with Crippen molar-refractivity contribution in [3.05, 3.63) is 29.6 Å². The van der Waals surface area contributed by atoms with E-state index >= 15 is 0 Å². The minimum atomic E-state index is -0.853. The molecule has 0 saturated heterocycles. The molecule has 1 aromatic heterocycles. The van der Waals surface area contributed by atoms with Crippen molar-refractivity contribution in [3.63, 3.8) is 0 Å². The summed E-state index contributed by atoms with van der Waals surface area (Å²) in [5.41, 5.74) is 0.291. The molecule has 4 heteroatoms. The zero-order chi connectivity index (χ0) is 8.97. The molecular weight excluding hydrogens is 228 g/mol. The molecule has 0 aliphatic carbocycles. The molecule has 0 spiro atoms. The smallest absolute Gasteiger partial charge is 0.191 e. The molecule has 1 rings (SSSR count). The molecule has 0 radical (unpaired) electrons. The lowest BCUT2D eigenvalue weighted by atomic mass is 10.3. The SMILES string of the molecule is Fc1cc(C#CCBr)cc(F)n1. The highest BCUT2D eigenvalue weighted by Gasteiger charge is 1.98. The molecule has 0 atom stereocenters. The van der Waals surface area contributed by atoms with E-state index in [4.69, 9.17) is 0 Å². The summed E-state index contributed by atoms with van der Waals surface area (Å²) in [5, 5.41) is 0.471. The van der Waals surface area contributed by atoms with Gasteiger partial charge < -0.3 is 0 Å². The van der Waals surface area contributed by atoms with Gasteiger partial charge in [0.15, 0.2) is 0 Å². The van der Waals surface area contributed by atoms with Crippen LogP contribution in [0.3, 0.4) is 0 Å². The molecule has 0 bridgehead atoms. The predicted molar refractivity (Wildman–Crippen MR) is 44.8 cm³/mol. The molecule has 0 fully saturated rings. The Morgan fingerprint density at radius 2 is 1.92 bits per heavy atom. The number of halogens is 3. The quantitative estimate of drug-likeness (QED) is 0.379. The van der Waals surface area contributed by atoms with Crippen LogP contribution in [0.15, 0.2) is 12.1 Å². The van der Waals surface area contributed by atoms with Crippen molar-refractivity contribution in [2.24, 2.45) is 0 Å². The van der Waals surface area contributed by atoms with Crippen molar-refractivity contribution in [1.29, 1.82) is 0 Å². The van der Waals surface area contributed by atoms with E-state index in [1.165, 1.54) is 0 Å². The Hall–Kier alpha value is -0.950. The second-order valence-electron chi connectivity index (χ2n) is 1.94. The minimum Gasteiger partial charge on any atom is -0.191 e. The van der Waals surface area contributed by atoms with Crippen molar-refractivity contribution >= 4 is 15.9 Å². The maximum absolute atomic E-state index is 12.4. The lowest BCUT2D eigenvalue weighted by Crippen LogP contribution is -1.89. The largest absolute Gasteiger partial charge is 0.216 e. The predicted octanol–water partition coefficient (Wildman–Crippen LogP) is 2.11. The van der Waals surface area contributed by atoms with Crippen LogP contribution >= 0.6 is 15.9 Å². The number of aromatic nitrogens is 1. The molecule has 0 aromatic carbocycles. The van der Waals surface area contributed by atoms with Gasteiger partial charge in [-0.2, -0.15) is 13.8 Å². The second-order valence-corrected chi connectivity index (χ2v) is 2.50. The van der Waals surface area contributed by atoms with E-state index in [2.05, 4.69) is 32.8 Å². The summed E-state index contributed by atoms with van der Waals surface area (Å²) < 4.78 is 24.8. The van der Waals surface area contributed by atoms with Gasteiger partial charge in [-0.1, -0.05) is 27.8 Å². The Morgan fingerprint density at radius 1 is 1.33 bits per heavy atom. The molecule has 0 unspecified atom stereocenters. The zero-order valence-corrected chi connectivity index (χ0v) is 7.53. The Balaban J connectivity index is 3.01. The first-order chi connectivity index (χ1) is 5.72. The first-order valence-corrected chi connectivity index (χ1v) is 4.22. The standard InChI is InChI=1S/C8H4BrF2N/c9-3-1-2-6-4-7(10)12-8(11)5-6/h4-5H,3H2. The van der Waals surface area contributed by atoms with Crippen molar-refractivity contribution in [2.45, 2.75) is 0 Å². The van der Waals surface area contributed by atoms with Crippen molar-refractivity contribution in [1.82, 2.24) is 4.98 Å². The van der Waals surface area contributed by atoms with Crippen LogP contribution in [0.5, 0.6) is 0 Å². The molecule has 0 saturated carbocycles. The summed E-state index contributed by atoms with van der Waals surface area (Å²) in [6.45, 7) is 0. The molecule has 0 amide bonds. The van der Waals surface area contributed by atoms with Crippen LogP contribution in [-0.2, 0) is 0 Å². The van der Waals surface area contributed by atoms with Gasteiger partial charge in [0, 0.05) is 17.7 Å². The average Bonchev–Trinajstić information content (AvgIpc) is 1.99. The van der Waals surface area contributed by atoms with Crippen LogP contribution in [0.25, 0.3) is 0 Å². The average molecular weight is 232 g/mol. The highest BCUT2D eigenvalue weighted by atomic mass is 79.9. The van der Waals surface area contributed by atoms with E-state index in [1.54, 1.807) is 0 Å². The van der Waals surface area contributed by atoms with Crippen LogP contribution in [-0.4, -0.2) is 10.3 Å². The lowest BCUT2D eigenvalue weighted by Gasteiger charge is -1.90. The van der Waals surface area contributed by atoms with Gasteiger partial charge in [-0.25, -0.2) is 0 Å². The topological polar surface area (TPSA) is 12.9 Å². The first-order valence-electron chi connectivity index (χ1n) is 3.10. The van der Waals surface area contributed by atoms with E-state index in [-0.39, 0.29) is 0 Å². The molecule has 0 aliphatic heterocycles. The second kappa shape index (κ2) is 4.17. The highest BCUT2D eigenvalue weighted by Crippen LogP contribution is 2.02. The van der Waals surface area contributed by atoms with E-state index in [1.807, 2.05) is 0 Å². The molecule has 62 valence electrons. The third-order valence-electron chi connectivity index (χ3n) is 1.06. The van der Waals surface area contributed by atoms with Crippen LogP contribution in [0.2, 0.25) is 0 Å². The van der Waals surface area contributed by atoms with Gasteiger partial charge in [-0.05, 0) is 0 Å². The Morgan fingerprint density at radius 3 is 2.42 bits per heavy atom. The van der Waals surface area contributed by atoms with Crippen LogP contribution in [0, 0.1) is 23.7 Å². The Bertz CT molecular complexity index is 320. The molecule has 1 aromatic rings. The number of pyridine rings is 1. The zero-order valence-electron chi connectivity index (χ0n) is 5.94. The van der Waals surface area contributed by atoms with Gasteiger partial charge in [0.25, 0.3) is 0 Å². The maximum Gasteiger partial charge on any atom is 0.216 e. The highest BCUT2D eigenvalue weighted by molar-refractivity contribution is 9.09. The fraction of sp³-hybridized carbons (Fsp3) is 0.125. The van der Waals surface area contributed by atoms with Crippen LogP contribution in [0.4, 0.5) is 8.78 Å². The Labute approximate surface area is 76.9 Å². The van der Waals surface area contributed by atoms with Crippen molar-refractivity contribution in [2.75, 3.05) is 5.33 Å². The van der Waals surface area contributed by atoms with Crippen LogP contribution < -0.4 is 0 Å². The number of hydrogen-bond acceptors (Lipinski definition) is 1. The number of alkyl halides is 1. The summed E-state index contributed by atoms with van der Waals surface area (Å²) in [6, 6.07) is 2.16. The minimum absolute atomic E-state index is 0.291. The third-order valence-corrected chi connectivity index (χ3v) is 1.34. The third kappa shape index (κ3) is 2.59. The van der Waals surface area contributed by atoms with Gasteiger partial charge in [-0.15, -0.1) is 0 Å². The molecule has 12 heavy (non-hydrogen) atoms. The van der Waals surface area contributed by atoms with Gasteiger partial charge in [0.2, 0.25) is 11.9 Å². The normalized spacial score (nSPS) is 8.92. The first kappa shape index (κ1) is 9.14. The summed E-state index contributed by atoms with van der Waals surface area (Å²) in [5.74, 6) is 3.48. The molecular formula is C8H4BrF2N. The lowest BCUT2D eigenvalue weighted by molar-refractivity contribution is 0.512. The summed E-state index contributed by atoms with van der Waals surface area (Å²) >= 11 is 3.07. The summed E-state index contributed by atoms with van der Waals surface area (Å²) in [6.07, 6.45) is 0. The van der Waals surface area contributed by atoms with Gasteiger partial charge in [-0.3, -0.25) is 0 Å². The number of hydrogen-bond donors (Lipinski definition) is 0. The fourth-order valence-electron chi connectivity index (χ4n) is 0.673. The number of nitrogens with zero attached hydrogens (tertiary/aromatic N) is 1. The van der Waals surface area contributed by atoms with Gasteiger partial charge in [0.1, 0.15) is 0 Å². The molecule has 1 heterocycles. The van der Waals surface area contributed by atoms with E-state index < -0.39 is 11.9 Å². The summed E-state index contributed by atoms with van der Waals surface area (Å²) in [4.78, 5) is 2.93. The molecule has 0 aliphatic rings. The van der Waals surface area contributed by atoms with E-state index in [0.717, 1.165) is 12.1 Å². The van der Waals surface area contributed by atoms with E-state index in [9.17, 15) is 8.78 Å². The van der Waals surface area contributed by atoms with E-state index in [0.29, 0.717) is 10.9 Å². The molecule has 0 N–H and O–H groups in total. The van der Waals surface area contributed by atoms with Crippen LogP contribution in [0.1, 0.15) is 5.56 Å². The maximum atomic E-state index is 12.4. The van der Waals surface area contributed by atoms with Gasteiger partial charge >= 0.3 is 0 Å². The fourth-order valence-corrected chi connectivity index (χ4v) is 0.813. The monoisotopic (exact) mass is 231 g/mol.